The molecule has 0 radical (unpaired) electrons. The lowest BCUT2D eigenvalue weighted by atomic mass is 9.99. The average Bonchev–Trinajstić information content (AvgIpc) is 3.52. The molecule has 4 rings (SSSR count). The van der Waals surface area contributed by atoms with E-state index in [1.165, 1.54) is 17.7 Å². The molecule has 0 unspecified atom stereocenters. The number of ether oxygens (including phenoxy) is 1. The lowest BCUT2D eigenvalue weighted by Crippen LogP contribution is -2.04. The highest BCUT2D eigenvalue weighted by Gasteiger charge is 2.30. The van der Waals surface area contributed by atoms with Gasteiger partial charge in [0.05, 0.1) is 5.56 Å². The van der Waals surface area contributed by atoms with Crippen molar-refractivity contribution in [1.29, 1.82) is 0 Å². The van der Waals surface area contributed by atoms with Crippen LogP contribution in [0, 0.1) is 0 Å². The van der Waals surface area contributed by atoms with Gasteiger partial charge in [0, 0.05) is 0 Å². The van der Waals surface area contributed by atoms with Crippen LogP contribution in [0.5, 0.6) is 5.75 Å². The standard InChI is InChI=1S/C23H19F3O/c24-23(25,26)21-10-8-18(9-11-21)20-12-19(17-6-7-17)13-22(14-20)27-15-16-4-2-1-3-5-16/h1-5,8-14,17H,6-7,15H2. The Hall–Kier alpha value is -2.75. The van der Waals surface area contributed by atoms with Gasteiger partial charge < -0.3 is 4.74 Å². The van der Waals surface area contributed by atoms with Crippen LogP contribution in [-0.4, -0.2) is 0 Å². The van der Waals surface area contributed by atoms with E-state index in [1.807, 2.05) is 42.5 Å². The molecule has 0 spiro atoms. The molecular formula is C23H19F3O. The molecule has 0 atom stereocenters. The Balaban J connectivity index is 1.61. The number of hydrogen-bond acceptors (Lipinski definition) is 1. The lowest BCUT2D eigenvalue weighted by molar-refractivity contribution is -0.137. The van der Waals surface area contributed by atoms with Crippen molar-refractivity contribution in [2.75, 3.05) is 0 Å². The van der Waals surface area contributed by atoms with E-state index in [0.717, 1.165) is 47.4 Å². The number of halogens is 3. The first-order chi connectivity index (χ1) is 13.0. The monoisotopic (exact) mass is 368 g/mol. The Bertz CT molecular complexity index is 911. The zero-order chi connectivity index (χ0) is 18.9. The average molecular weight is 368 g/mol. The van der Waals surface area contributed by atoms with E-state index in [4.69, 9.17) is 4.74 Å². The van der Waals surface area contributed by atoms with Crippen molar-refractivity contribution in [1.82, 2.24) is 0 Å². The number of benzene rings is 3. The van der Waals surface area contributed by atoms with Gasteiger partial charge in [-0.1, -0.05) is 48.5 Å². The van der Waals surface area contributed by atoms with Crippen LogP contribution in [-0.2, 0) is 12.8 Å². The number of rotatable bonds is 5. The normalized spacial score (nSPS) is 14.2. The molecule has 0 bridgehead atoms. The zero-order valence-electron chi connectivity index (χ0n) is 14.7. The minimum atomic E-state index is -4.32. The van der Waals surface area contributed by atoms with Crippen LogP contribution < -0.4 is 4.74 Å². The van der Waals surface area contributed by atoms with E-state index >= 15 is 0 Å². The second-order valence-electron chi connectivity index (χ2n) is 6.91. The summed E-state index contributed by atoms with van der Waals surface area (Å²) in [6.45, 7) is 0.460. The Morgan fingerprint density at radius 2 is 1.52 bits per heavy atom. The highest BCUT2D eigenvalue weighted by molar-refractivity contribution is 5.67. The molecule has 27 heavy (non-hydrogen) atoms. The minimum Gasteiger partial charge on any atom is -0.489 e. The van der Waals surface area contributed by atoms with Gasteiger partial charge in [-0.05, 0) is 65.3 Å². The van der Waals surface area contributed by atoms with Gasteiger partial charge in [0.1, 0.15) is 12.4 Å². The number of hydrogen-bond donors (Lipinski definition) is 0. The predicted octanol–water partition coefficient (Wildman–Crippen LogP) is 6.83. The fraction of sp³-hybridized carbons (Fsp3) is 0.217. The lowest BCUT2D eigenvalue weighted by Gasteiger charge is -2.12. The summed E-state index contributed by atoms with van der Waals surface area (Å²) in [7, 11) is 0. The molecule has 1 saturated carbocycles. The van der Waals surface area contributed by atoms with Gasteiger partial charge in [0.15, 0.2) is 0 Å². The maximum Gasteiger partial charge on any atom is 0.416 e. The molecule has 1 aliphatic carbocycles. The summed E-state index contributed by atoms with van der Waals surface area (Å²) in [4.78, 5) is 0. The Morgan fingerprint density at radius 3 is 2.15 bits per heavy atom. The van der Waals surface area contributed by atoms with Crippen LogP contribution in [0.3, 0.4) is 0 Å². The summed E-state index contributed by atoms with van der Waals surface area (Å²) in [5.41, 5.74) is 3.28. The molecule has 3 aromatic carbocycles. The van der Waals surface area contributed by atoms with Gasteiger partial charge in [-0.25, -0.2) is 0 Å². The fourth-order valence-electron chi connectivity index (χ4n) is 3.12. The van der Waals surface area contributed by atoms with Crippen LogP contribution in [0.25, 0.3) is 11.1 Å². The maximum absolute atomic E-state index is 12.8. The molecule has 0 aliphatic heterocycles. The summed E-state index contributed by atoms with van der Waals surface area (Å²) in [5, 5.41) is 0. The zero-order valence-corrected chi connectivity index (χ0v) is 14.7. The largest absolute Gasteiger partial charge is 0.489 e. The van der Waals surface area contributed by atoms with Crippen molar-refractivity contribution in [2.45, 2.75) is 31.5 Å². The van der Waals surface area contributed by atoms with Gasteiger partial charge in [-0.2, -0.15) is 13.2 Å². The first kappa shape index (κ1) is 17.7. The van der Waals surface area contributed by atoms with Gasteiger partial charge in [-0.15, -0.1) is 0 Å². The van der Waals surface area contributed by atoms with E-state index in [-0.39, 0.29) is 0 Å². The van der Waals surface area contributed by atoms with E-state index in [0.29, 0.717) is 12.5 Å². The molecule has 138 valence electrons. The Morgan fingerprint density at radius 1 is 0.815 bits per heavy atom. The molecule has 0 amide bonds. The highest BCUT2D eigenvalue weighted by Crippen LogP contribution is 2.43. The maximum atomic E-state index is 12.8. The van der Waals surface area contributed by atoms with Gasteiger partial charge >= 0.3 is 6.18 Å². The molecule has 4 heteroatoms. The fourth-order valence-corrected chi connectivity index (χ4v) is 3.12. The van der Waals surface area contributed by atoms with Crippen LogP contribution >= 0.6 is 0 Å². The smallest absolute Gasteiger partial charge is 0.416 e. The Kier molecular flexibility index (Phi) is 4.65. The molecule has 1 aliphatic rings. The van der Waals surface area contributed by atoms with E-state index in [1.54, 1.807) is 0 Å². The quantitative estimate of drug-likeness (QED) is 0.480. The summed E-state index contributed by atoms with van der Waals surface area (Å²) >= 11 is 0. The van der Waals surface area contributed by atoms with Crippen molar-refractivity contribution in [3.63, 3.8) is 0 Å². The predicted molar refractivity (Wildman–Crippen MR) is 99.6 cm³/mol. The van der Waals surface area contributed by atoms with Gasteiger partial charge in [-0.3, -0.25) is 0 Å². The van der Waals surface area contributed by atoms with Crippen molar-refractivity contribution in [2.24, 2.45) is 0 Å². The number of alkyl halides is 3. The highest BCUT2D eigenvalue weighted by atomic mass is 19.4. The van der Waals surface area contributed by atoms with E-state index in [9.17, 15) is 13.2 Å². The van der Waals surface area contributed by atoms with Gasteiger partial charge in [0.2, 0.25) is 0 Å². The third-order valence-corrected chi connectivity index (χ3v) is 4.77. The van der Waals surface area contributed by atoms with Crippen LogP contribution in [0.4, 0.5) is 13.2 Å². The molecule has 3 aromatic rings. The van der Waals surface area contributed by atoms with Crippen LogP contribution in [0.15, 0.2) is 72.8 Å². The second kappa shape index (κ2) is 7.10. The third-order valence-electron chi connectivity index (χ3n) is 4.77. The SMILES string of the molecule is FC(F)(F)c1ccc(-c2cc(OCc3ccccc3)cc(C3CC3)c2)cc1. The molecule has 0 saturated heterocycles. The first-order valence-corrected chi connectivity index (χ1v) is 8.98. The van der Waals surface area contributed by atoms with Crippen molar-refractivity contribution < 1.29 is 17.9 Å². The molecule has 0 aromatic heterocycles. The molecule has 0 heterocycles. The summed E-state index contributed by atoms with van der Waals surface area (Å²) in [6.07, 6.45) is -2.03. The molecular weight excluding hydrogens is 349 g/mol. The summed E-state index contributed by atoms with van der Waals surface area (Å²) < 4.78 is 44.4. The summed E-state index contributed by atoms with van der Waals surface area (Å²) in [6, 6.07) is 21.2. The van der Waals surface area contributed by atoms with Crippen molar-refractivity contribution in [3.05, 3.63) is 89.5 Å². The van der Waals surface area contributed by atoms with Crippen molar-refractivity contribution in [3.8, 4) is 16.9 Å². The minimum absolute atomic E-state index is 0.460. The van der Waals surface area contributed by atoms with Gasteiger partial charge in [0.25, 0.3) is 0 Å². The van der Waals surface area contributed by atoms with Crippen molar-refractivity contribution >= 4 is 0 Å². The third kappa shape index (κ3) is 4.33. The second-order valence-corrected chi connectivity index (χ2v) is 6.91. The molecule has 1 nitrogen and oxygen atoms in total. The molecule has 1 fully saturated rings. The first-order valence-electron chi connectivity index (χ1n) is 8.98. The van der Waals surface area contributed by atoms with E-state index < -0.39 is 11.7 Å². The Labute approximate surface area is 156 Å². The van der Waals surface area contributed by atoms with Crippen LogP contribution in [0.1, 0.15) is 35.4 Å². The molecule has 0 N–H and O–H groups in total. The topological polar surface area (TPSA) is 9.23 Å². The van der Waals surface area contributed by atoms with Crippen LogP contribution in [0.2, 0.25) is 0 Å². The summed E-state index contributed by atoms with van der Waals surface area (Å²) in [5.74, 6) is 1.27. The van der Waals surface area contributed by atoms with E-state index in [2.05, 4.69) is 6.07 Å².